The molecule has 0 aliphatic carbocycles. The van der Waals surface area contributed by atoms with Crippen LogP contribution in [-0.2, 0) is 4.74 Å². The molecule has 10 heteroatoms. The summed E-state index contributed by atoms with van der Waals surface area (Å²) in [6.07, 6.45) is -2.92. The maximum atomic E-state index is 10.3. The number of hydrogen-bond acceptors (Lipinski definition) is 9. The summed E-state index contributed by atoms with van der Waals surface area (Å²) >= 11 is 0. The molecule has 4 rings (SSSR count). The van der Waals surface area contributed by atoms with E-state index in [2.05, 4.69) is 15.0 Å². The van der Waals surface area contributed by atoms with E-state index in [0.29, 0.717) is 22.7 Å². The number of methoxy groups -OCH3 is 1. The number of anilines is 1. The van der Waals surface area contributed by atoms with Gasteiger partial charge in [-0.25, -0.2) is 15.0 Å². The lowest BCUT2D eigenvalue weighted by Gasteiger charge is -2.16. The minimum absolute atomic E-state index is 0.177. The van der Waals surface area contributed by atoms with Crippen molar-refractivity contribution in [3.8, 4) is 17.1 Å². The summed E-state index contributed by atoms with van der Waals surface area (Å²) in [5.41, 5.74) is 7.46. The van der Waals surface area contributed by atoms with Crippen molar-refractivity contribution in [1.82, 2.24) is 19.5 Å². The van der Waals surface area contributed by atoms with E-state index in [9.17, 15) is 15.3 Å². The summed E-state index contributed by atoms with van der Waals surface area (Å²) < 4.78 is 12.2. The minimum Gasteiger partial charge on any atom is -0.497 e. The lowest BCUT2D eigenvalue weighted by Crippen LogP contribution is -2.33. The van der Waals surface area contributed by atoms with Crippen LogP contribution in [0.2, 0.25) is 0 Å². The van der Waals surface area contributed by atoms with Gasteiger partial charge >= 0.3 is 0 Å². The second kappa shape index (κ2) is 6.74. The van der Waals surface area contributed by atoms with Crippen molar-refractivity contribution >= 4 is 17.0 Å². The van der Waals surface area contributed by atoms with E-state index in [1.165, 1.54) is 10.9 Å². The molecule has 1 saturated heterocycles. The van der Waals surface area contributed by atoms with Crippen molar-refractivity contribution in [2.75, 3.05) is 19.5 Å². The average Bonchev–Trinajstić information content (AvgIpc) is 3.23. The van der Waals surface area contributed by atoms with E-state index in [4.69, 9.17) is 15.2 Å². The van der Waals surface area contributed by atoms with Gasteiger partial charge in [0.15, 0.2) is 23.5 Å². The molecule has 142 valence electrons. The standard InChI is InChI=1S/C17H19N5O5/c1-26-9-4-2-8(3-5-9)15-20-14(18)11-16(21-15)22(7-19-11)17-13(25)12(24)10(6-23)27-17/h2-5,7,10,12-13,17,23-25H,6H2,1H3,(H2,18,20,21)/t10-,12-,13-,17?/m1/s1. The molecule has 3 heterocycles. The molecular weight excluding hydrogens is 354 g/mol. The number of imidazole rings is 1. The van der Waals surface area contributed by atoms with E-state index in [1.54, 1.807) is 31.4 Å². The molecule has 1 aromatic carbocycles. The summed E-state index contributed by atoms with van der Waals surface area (Å²) in [5.74, 6) is 1.25. The van der Waals surface area contributed by atoms with Gasteiger partial charge in [0.2, 0.25) is 0 Å². The van der Waals surface area contributed by atoms with Crippen LogP contribution in [0.15, 0.2) is 30.6 Å². The van der Waals surface area contributed by atoms with Crippen LogP contribution in [0.1, 0.15) is 6.23 Å². The molecule has 0 amide bonds. The Labute approximate surface area is 153 Å². The molecule has 4 atom stereocenters. The van der Waals surface area contributed by atoms with Gasteiger partial charge in [-0.2, -0.15) is 0 Å². The van der Waals surface area contributed by atoms with E-state index in [-0.39, 0.29) is 5.82 Å². The summed E-state index contributed by atoms with van der Waals surface area (Å²) in [6, 6.07) is 7.16. The molecule has 2 aromatic heterocycles. The third-order valence-corrected chi connectivity index (χ3v) is 4.59. The number of nitrogens with two attached hydrogens (primary N) is 1. The summed E-state index contributed by atoms with van der Waals surface area (Å²) in [7, 11) is 1.58. The number of ether oxygens (including phenoxy) is 2. The molecule has 0 bridgehead atoms. The molecule has 1 fully saturated rings. The lowest BCUT2D eigenvalue weighted by molar-refractivity contribution is -0.0511. The fraction of sp³-hybridized carbons (Fsp3) is 0.353. The number of aliphatic hydroxyl groups is 3. The van der Waals surface area contributed by atoms with Gasteiger partial charge in [0.25, 0.3) is 0 Å². The maximum absolute atomic E-state index is 10.3. The third-order valence-electron chi connectivity index (χ3n) is 4.59. The Morgan fingerprint density at radius 2 is 1.93 bits per heavy atom. The molecule has 1 aliphatic rings. The second-order valence-electron chi connectivity index (χ2n) is 6.21. The predicted octanol–water partition coefficient (Wildman–Crippen LogP) is -0.304. The number of fused-ring (bicyclic) bond motifs is 1. The molecule has 0 spiro atoms. The molecule has 27 heavy (non-hydrogen) atoms. The van der Waals surface area contributed by atoms with Gasteiger partial charge < -0.3 is 30.5 Å². The highest BCUT2D eigenvalue weighted by molar-refractivity contribution is 5.83. The molecule has 5 N–H and O–H groups in total. The molecular formula is C17H19N5O5. The summed E-state index contributed by atoms with van der Waals surface area (Å²) in [6.45, 7) is -0.421. The average molecular weight is 373 g/mol. The van der Waals surface area contributed by atoms with Crippen LogP contribution in [0.25, 0.3) is 22.6 Å². The minimum atomic E-state index is -1.25. The number of aromatic nitrogens is 4. The first kappa shape index (κ1) is 17.6. The van der Waals surface area contributed by atoms with E-state index in [1.807, 2.05) is 0 Å². The van der Waals surface area contributed by atoms with Crippen molar-refractivity contribution in [1.29, 1.82) is 0 Å². The van der Waals surface area contributed by atoms with E-state index >= 15 is 0 Å². The SMILES string of the molecule is COc1ccc(-c2nc(N)c3ncn(C4O[C@H](CO)[C@@H](O)[C@H]4O)c3n2)cc1. The highest BCUT2D eigenvalue weighted by Crippen LogP contribution is 2.32. The highest BCUT2D eigenvalue weighted by Gasteiger charge is 2.44. The van der Waals surface area contributed by atoms with Crippen molar-refractivity contribution in [3.05, 3.63) is 30.6 Å². The fourth-order valence-electron chi connectivity index (χ4n) is 3.10. The molecule has 1 unspecified atom stereocenters. The number of aliphatic hydroxyl groups excluding tert-OH is 3. The first-order chi connectivity index (χ1) is 13.0. The van der Waals surface area contributed by atoms with Crippen LogP contribution >= 0.6 is 0 Å². The number of hydrogen-bond donors (Lipinski definition) is 4. The predicted molar refractivity (Wildman–Crippen MR) is 94.7 cm³/mol. The van der Waals surface area contributed by atoms with Crippen molar-refractivity contribution in [2.45, 2.75) is 24.5 Å². The van der Waals surface area contributed by atoms with Crippen LogP contribution < -0.4 is 10.5 Å². The molecule has 0 radical (unpaired) electrons. The van der Waals surface area contributed by atoms with Gasteiger partial charge in [0.05, 0.1) is 20.0 Å². The first-order valence-corrected chi connectivity index (χ1v) is 8.30. The molecule has 3 aromatic rings. The first-order valence-electron chi connectivity index (χ1n) is 8.30. The molecule has 10 nitrogen and oxygen atoms in total. The number of nitrogens with zero attached hydrogens (tertiary/aromatic N) is 4. The summed E-state index contributed by atoms with van der Waals surface area (Å²) in [4.78, 5) is 13.0. The van der Waals surface area contributed by atoms with Gasteiger partial charge in [0, 0.05) is 5.56 Å². The van der Waals surface area contributed by atoms with Crippen LogP contribution in [0.5, 0.6) is 5.75 Å². The monoisotopic (exact) mass is 373 g/mol. The van der Waals surface area contributed by atoms with Crippen molar-refractivity contribution in [2.24, 2.45) is 0 Å². The highest BCUT2D eigenvalue weighted by atomic mass is 16.6. The Balaban J connectivity index is 1.78. The largest absolute Gasteiger partial charge is 0.497 e. The van der Waals surface area contributed by atoms with Gasteiger partial charge in [-0.1, -0.05) is 0 Å². The number of benzene rings is 1. The zero-order valence-corrected chi connectivity index (χ0v) is 14.4. The van der Waals surface area contributed by atoms with Crippen LogP contribution in [0.3, 0.4) is 0 Å². The number of rotatable bonds is 4. The quantitative estimate of drug-likeness (QED) is 0.483. The smallest absolute Gasteiger partial charge is 0.168 e. The Morgan fingerprint density at radius 1 is 1.19 bits per heavy atom. The van der Waals surface area contributed by atoms with Gasteiger partial charge in [0.1, 0.15) is 29.6 Å². The zero-order valence-electron chi connectivity index (χ0n) is 14.4. The maximum Gasteiger partial charge on any atom is 0.168 e. The van der Waals surface area contributed by atoms with Crippen LogP contribution in [-0.4, -0.2) is 66.9 Å². The Bertz CT molecular complexity index is 960. The lowest BCUT2D eigenvalue weighted by atomic mass is 10.1. The third kappa shape index (κ3) is 2.88. The van der Waals surface area contributed by atoms with Gasteiger partial charge in [-0.05, 0) is 24.3 Å². The van der Waals surface area contributed by atoms with Crippen LogP contribution in [0, 0.1) is 0 Å². The van der Waals surface area contributed by atoms with E-state index in [0.717, 1.165) is 5.56 Å². The molecule has 0 saturated carbocycles. The Morgan fingerprint density at radius 3 is 2.56 bits per heavy atom. The number of nitrogen functional groups attached to an aromatic ring is 1. The Hall–Kier alpha value is -2.79. The van der Waals surface area contributed by atoms with Crippen molar-refractivity contribution < 1.29 is 24.8 Å². The van der Waals surface area contributed by atoms with E-state index < -0.39 is 31.1 Å². The van der Waals surface area contributed by atoms with Crippen LogP contribution in [0.4, 0.5) is 5.82 Å². The van der Waals surface area contributed by atoms with Gasteiger partial charge in [-0.15, -0.1) is 0 Å². The topological polar surface area (TPSA) is 149 Å². The zero-order chi connectivity index (χ0) is 19.1. The normalized spacial score (nSPS) is 25.2. The fourth-order valence-corrected chi connectivity index (χ4v) is 3.10. The Kier molecular flexibility index (Phi) is 4.40. The molecule has 1 aliphatic heterocycles. The second-order valence-corrected chi connectivity index (χ2v) is 6.21. The van der Waals surface area contributed by atoms with Crippen molar-refractivity contribution in [3.63, 3.8) is 0 Å². The van der Waals surface area contributed by atoms with Gasteiger partial charge in [-0.3, -0.25) is 4.57 Å². The summed E-state index contributed by atoms with van der Waals surface area (Å²) in [5, 5.41) is 29.6.